The summed E-state index contributed by atoms with van der Waals surface area (Å²) in [5.41, 5.74) is 3.24. The number of hydrogen-bond acceptors (Lipinski definition) is 4. The van der Waals surface area contributed by atoms with E-state index in [9.17, 15) is 5.11 Å². The second-order valence-electron chi connectivity index (χ2n) is 6.75. The van der Waals surface area contributed by atoms with Gasteiger partial charge in [0.2, 0.25) is 0 Å². The van der Waals surface area contributed by atoms with Gasteiger partial charge < -0.3 is 24.9 Å². The average Bonchev–Trinajstić information content (AvgIpc) is 3.09. The van der Waals surface area contributed by atoms with Gasteiger partial charge in [0, 0.05) is 42.6 Å². The number of nitrogens with one attached hydrogen (secondary N) is 2. The summed E-state index contributed by atoms with van der Waals surface area (Å²) in [4.78, 5) is 3.43. The van der Waals surface area contributed by atoms with E-state index in [-0.39, 0.29) is 11.9 Å². The van der Waals surface area contributed by atoms with Crippen LogP contribution in [-0.2, 0) is 4.74 Å². The minimum atomic E-state index is -0.0664. The molecule has 0 amide bonds. The second kappa shape index (κ2) is 8.33. The number of methoxy groups -OCH3 is 1. The van der Waals surface area contributed by atoms with Gasteiger partial charge in [-0.05, 0) is 35.9 Å². The van der Waals surface area contributed by atoms with E-state index in [1.807, 2.05) is 30.3 Å². The number of aromatic amines is 1. The van der Waals surface area contributed by atoms with Gasteiger partial charge >= 0.3 is 0 Å². The normalized spacial score (nSPS) is 12.5. The molecule has 0 fully saturated rings. The molecule has 1 unspecified atom stereocenters. The molecule has 0 saturated carbocycles. The van der Waals surface area contributed by atoms with Crippen LogP contribution in [0.25, 0.3) is 21.8 Å². The Bertz CT molecular complexity index is 1060. The molecule has 3 aromatic carbocycles. The molecule has 0 bridgehead atoms. The maximum absolute atomic E-state index is 9.40. The highest BCUT2D eigenvalue weighted by Crippen LogP contribution is 2.28. The molecule has 28 heavy (non-hydrogen) atoms. The first-order valence-corrected chi connectivity index (χ1v) is 9.40. The maximum Gasteiger partial charge on any atom is 0.121 e. The number of aromatic hydroxyl groups is 1. The van der Waals surface area contributed by atoms with Crippen LogP contribution in [0.1, 0.15) is 11.7 Å². The van der Waals surface area contributed by atoms with Crippen molar-refractivity contribution in [2.45, 2.75) is 6.10 Å². The fourth-order valence-electron chi connectivity index (χ4n) is 3.42. The summed E-state index contributed by atoms with van der Waals surface area (Å²) >= 11 is 0. The average molecular weight is 376 g/mol. The van der Waals surface area contributed by atoms with Gasteiger partial charge in [0.1, 0.15) is 18.1 Å². The monoisotopic (exact) mass is 376 g/mol. The number of aromatic nitrogens is 1. The fraction of sp³-hybridized carbons (Fsp3) is 0.217. The van der Waals surface area contributed by atoms with Crippen LogP contribution in [0.4, 0.5) is 0 Å². The van der Waals surface area contributed by atoms with E-state index in [1.165, 1.54) is 10.8 Å². The first-order chi connectivity index (χ1) is 13.7. The van der Waals surface area contributed by atoms with Gasteiger partial charge in [-0.3, -0.25) is 0 Å². The predicted octanol–water partition coefficient (Wildman–Crippen LogP) is 4.38. The highest BCUT2D eigenvalue weighted by Gasteiger charge is 2.10. The van der Waals surface area contributed by atoms with E-state index >= 15 is 0 Å². The van der Waals surface area contributed by atoms with Crippen LogP contribution in [0, 0.1) is 0 Å². The third-order valence-corrected chi connectivity index (χ3v) is 4.90. The van der Waals surface area contributed by atoms with Gasteiger partial charge in [0.25, 0.3) is 0 Å². The highest BCUT2D eigenvalue weighted by molar-refractivity contribution is 6.07. The summed E-state index contributed by atoms with van der Waals surface area (Å²) in [7, 11) is 1.69. The number of fused-ring (bicyclic) bond motifs is 3. The molecular weight excluding hydrogens is 352 g/mol. The topological polar surface area (TPSA) is 66.5 Å². The Morgan fingerprint density at radius 3 is 2.57 bits per heavy atom. The molecule has 0 saturated heterocycles. The van der Waals surface area contributed by atoms with E-state index in [0.717, 1.165) is 22.3 Å². The van der Waals surface area contributed by atoms with Crippen LogP contribution >= 0.6 is 0 Å². The van der Waals surface area contributed by atoms with E-state index in [2.05, 4.69) is 34.6 Å². The molecule has 0 aliphatic carbocycles. The van der Waals surface area contributed by atoms with Crippen LogP contribution < -0.4 is 10.1 Å². The van der Waals surface area contributed by atoms with Crippen molar-refractivity contribution in [2.24, 2.45) is 0 Å². The van der Waals surface area contributed by atoms with E-state index in [1.54, 1.807) is 19.2 Å². The number of H-pyrrole nitrogens is 1. The first-order valence-electron chi connectivity index (χ1n) is 9.40. The van der Waals surface area contributed by atoms with Crippen LogP contribution in [0.3, 0.4) is 0 Å². The minimum absolute atomic E-state index is 0.0664. The smallest absolute Gasteiger partial charge is 0.121 e. The lowest BCUT2D eigenvalue weighted by molar-refractivity contribution is 0.101. The van der Waals surface area contributed by atoms with Crippen molar-refractivity contribution < 1.29 is 14.6 Å². The van der Waals surface area contributed by atoms with Gasteiger partial charge in [0.15, 0.2) is 0 Å². The lowest BCUT2D eigenvalue weighted by atomic mass is 10.1. The molecule has 1 aromatic heterocycles. The van der Waals surface area contributed by atoms with Crippen LogP contribution in [0.5, 0.6) is 11.5 Å². The van der Waals surface area contributed by atoms with E-state index in [0.29, 0.717) is 19.7 Å². The Morgan fingerprint density at radius 2 is 1.75 bits per heavy atom. The van der Waals surface area contributed by atoms with Gasteiger partial charge in [-0.2, -0.15) is 0 Å². The summed E-state index contributed by atoms with van der Waals surface area (Å²) in [6.07, 6.45) is -0.0664. The highest BCUT2D eigenvalue weighted by atomic mass is 16.5. The third kappa shape index (κ3) is 3.96. The van der Waals surface area contributed by atoms with E-state index in [4.69, 9.17) is 9.47 Å². The zero-order valence-corrected chi connectivity index (χ0v) is 15.8. The fourth-order valence-corrected chi connectivity index (χ4v) is 3.42. The standard InChI is InChI=1S/C23H24N2O3/c1-27-23(16-6-8-17(26)9-7-16)15-24-12-13-28-18-10-11-20-19-4-2-3-5-21(19)25-22(20)14-18/h2-11,14,23-26H,12-13,15H2,1H3. The van der Waals surface area contributed by atoms with Gasteiger partial charge in [-0.25, -0.2) is 0 Å². The summed E-state index contributed by atoms with van der Waals surface area (Å²) in [5.74, 6) is 1.11. The number of hydrogen-bond donors (Lipinski definition) is 3. The molecule has 3 N–H and O–H groups in total. The Hall–Kier alpha value is -3.02. The number of rotatable bonds is 8. The zero-order valence-electron chi connectivity index (χ0n) is 15.8. The Morgan fingerprint density at radius 1 is 0.964 bits per heavy atom. The van der Waals surface area contributed by atoms with Crippen molar-refractivity contribution in [3.63, 3.8) is 0 Å². The molecule has 1 atom stereocenters. The number of para-hydroxylation sites is 1. The predicted molar refractivity (Wildman–Crippen MR) is 112 cm³/mol. The minimum Gasteiger partial charge on any atom is -0.508 e. The van der Waals surface area contributed by atoms with Gasteiger partial charge in [-0.15, -0.1) is 0 Å². The SMILES string of the molecule is COC(CNCCOc1ccc2c(c1)[nH]c1ccccc12)c1ccc(O)cc1. The van der Waals surface area contributed by atoms with Crippen molar-refractivity contribution >= 4 is 21.8 Å². The van der Waals surface area contributed by atoms with Crippen molar-refractivity contribution in [1.82, 2.24) is 10.3 Å². The number of phenols is 1. The molecule has 4 rings (SSSR count). The third-order valence-electron chi connectivity index (χ3n) is 4.90. The molecule has 144 valence electrons. The molecule has 4 aromatic rings. The Labute approximate surface area is 163 Å². The van der Waals surface area contributed by atoms with Gasteiger partial charge in [0.05, 0.1) is 11.6 Å². The molecule has 5 heteroatoms. The molecular formula is C23H24N2O3. The lowest BCUT2D eigenvalue weighted by Gasteiger charge is -2.17. The summed E-state index contributed by atoms with van der Waals surface area (Å²) in [6.45, 7) is 1.95. The van der Waals surface area contributed by atoms with Gasteiger partial charge in [-0.1, -0.05) is 30.3 Å². The number of phenolic OH excluding ortho intramolecular Hbond substituents is 1. The summed E-state index contributed by atoms with van der Waals surface area (Å²) < 4.78 is 11.4. The Kier molecular flexibility index (Phi) is 5.46. The second-order valence-corrected chi connectivity index (χ2v) is 6.75. The Balaban J connectivity index is 1.30. The largest absolute Gasteiger partial charge is 0.508 e. The van der Waals surface area contributed by atoms with Crippen LogP contribution in [-0.4, -0.2) is 36.9 Å². The van der Waals surface area contributed by atoms with Crippen molar-refractivity contribution in [3.8, 4) is 11.5 Å². The molecule has 5 nitrogen and oxygen atoms in total. The van der Waals surface area contributed by atoms with Crippen molar-refractivity contribution in [1.29, 1.82) is 0 Å². The molecule has 0 aliphatic rings. The summed E-state index contributed by atoms with van der Waals surface area (Å²) in [6, 6.07) is 21.5. The number of ether oxygens (including phenoxy) is 2. The van der Waals surface area contributed by atoms with Crippen LogP contribution in [0.2, 0.25) is 0 Å². The molecule has 0 aliphatic heterocycles. The molecule has 1 heterocycles. The first kappa shape index (κ1) is 18.3. The number of benzene rings is 3. The quantitative estimate of drug-likeness (QED) is 0.399. The van der Waals surface area contributed by atoms with Crippen LogP contribution in [0.15, 0.2) is 66.7 Å². The maximum atomic E-state index is 9.40. The lowest BCUT2D eigenvalue weighted by Crippen LogP contribution is -2.27. The summed E-state index contributed by atoms with van der Waals surface area (Å²) in [5, 5.41) is 15.2. The zero-order chi connectivity index (χ0) is 19.3. The van der Waals surface area contributed by atoms with Crippen molar-refractivity contribution in [3.05, 3.63) is 72.3 Å². The molecule has 0 spiro atoms. The molecule has 0 radical (unpaired) electrons. The van der Waals surface area contributed by atoms with Crippen molar-refractivity contribution in [2.75, 3.05) is 26.8 Å². The van der Waals surface area contributed by atoms with E-state index < -0.39 is 0 Å².